The smallest absolute Gasteiger partial charge is 0.241 e. The van der Waals surface area contributed by atoms with Gasteiger partial charge in [0.15, 0.2) is 0 Å². The standard InChI is InChI=1S/C16H30N2OS/c1-6-20-13-8-7-12(9-13)18-15(11(4)5)17-14(10(2)3)16(18)19/h10-15,17H,6-9H2,1-5H3. The maximum absolute atomic E-state index is 12.8. The van der Waals surface area contributed by atoms with Crippen molar-refractivity contribution in [2.75, 3.05) is 5.75 Å². The van der Waals surface area contributed by atoms with Crippen molar-refractivity contribution in [3.8, 4) is 0 Å². The Hall–Kier alpha value is -0.220. The van der Waals surface area contributed by atoms with Crippen LogP contribution in [-0.4, -0.2) is 40.1 Å². The van der Waals surface area contributed by atoms with Crippen LogP contribution in [0, 0.1) is 11.8 Å². The van der Waals surface area contributed by atoms with Gasteiger partial charge in [-0.1, -0.05) is 34.6 Å². The maximum Gasteiger partial charge on any atom is 0.241 e. The lowest BCUT2D eigenvalue weighted by atomic mass is 10.0. The molecule has 0 aromatic carbocycles. The Morgan fingerprint density at radius 2 is 1.95 bits per heavy atom. The van der Waals surface area contributed by atoms with Crippen molar-refractivity contribution < 1.29 is 4.79 Å². The minimum Gasteiger partial charge on any atom is -0.322 e. The number of carbonyl (C=O) groups excluding carboxylic acids is 1. The molecule has 1 aliphatic heterocycles. The van der Waals surface area contributed by atoms with Crippen molar-refractivity contribution >= 4 is 17.7 Å². The van der Waals surface area contributed by atoms with E-state index in [0.717, 1.165) is 5.25 Å². The van der Waals surface area contributed by atoms with Crippen LogP contribution < -0.4 is 5.32 Å². The zero-order valence-electron chi connectivity index (χ0n) is 13.6. The summed E-state index contributed by atoms with van der Waals surface area (Å²) in [5, 5.41) is 4.34. The topological polar surface area (TPSA) is 32.3 Å². The second kappa shape index (κ2) is 6.69. The lowest BCUT2D eigenvalue weighted by Gasteiger charge is -2.32. The van der Waals surface area contributed by atoms with Crippen LogP contribution >= 0.6 is 11.8 Å². The Morgan fingerprint density at radius 3 is 2.50 bits per heavy atom. The van der Waals surface area contributed by atoms with Crippen LogP contribution in [0.3, 0.4) is 0 Å². The molecule has 0 aromatic rings. The van der Waals surface area contributed by atoms with Crippen LogP contribution in [0.4, 0.5) is 0 Å². The third-order valence-corrected chi connectivity index (χ3v) is 5.85. The zero-order chi connectivity index (χ0) is 14.9. The highest BCUT2D eigenvalue weighted by Crippen LogP contribution is 2.36. The molecule has 4 atom stereocenters. The molecule has 2 fully saturated rings. The Morgan fingerprint density at radius 1 is 1.25 bits per heavy atom. The summed E-state index contributed by atoms with van der Waals surface area (Å²) in [7, 11) is 0. The molecule has 1 saturated carbocycles. The summed E-state index contributed by atoms with van der Waals surface area (Å²) in [5.41, 5.74) is 0. The highest BCUT2D eigenvalue weighted by Gasteiger charge is 2.46. The van der Waals surface area contributed by atoms with Crippen molar-refractivity contribution in [2.24, 2.45) is 11.8 Å². The minimum atomic E-state index is 0.0141. The van der Waals surface area contributed by atoms with Gasteiger partial charge < -0.3 is 4.90 Å². The van der Waals surface area contributed by atoms with E-state index in [1.807, 2.05) is 0 Å². The molecule has 1 saturated heterocycles. The largest absolute Gasteiger partial charge is 0.322 e. The number of hydrogen-bond acceptors (Lipinski definition) is 3. The van der Waals surface area contributed by atoms with E-state index < -0.39 is 0 Å². The van der Waals surface area contributed by atoms with Gasteiger partial charge in [-0.3, -0.25) is 10.1 Å². The average Bonchev–Trinajstić information content (AvgIpc) is 2.93. The average molecular weight is 298 g/mol. The van der Waals surface area contributed by atoms with E-state index in [1.54, 1.807) is 0 Å². The van der Waals surface area contributed by atoms with Gasteiger partial charge in [0, 0.05) is 11.3 Å². The molecule has 0 radical (unpaired) electrons. The first-order valence-electron chi connectivity index (χ1n) is 8.15. The van der Waals surface area contributed by atoms with Gasteiger partial charge in [-0.25, -0.2) is 0 Å². The van der Waals surface area contributed by atoms with Gasteiger partial charge in [0.25, 0.3) is 0 Å². The molecular formula is C16H30N2OS. The lowest BCUT2D eigenvalue weighted by Crippen LogP contribution is -2.46. The van der Waals surface area contributed by atoms with Crippen LogP contribution in [0.15, 0.2) is 0 Å². The van der Waals surface area contributed by atoms with E-state index in [2.05, 4.69) is 56.6 Å². The lowest BCUT2D eigenvalue weighted by molar-refractivity contribution is -0.133. The van der Waals surface area contributed by atoms with Crippen LogP contribution in [0.1, 0.15) is 53.9 Å². The Balaban J connectivity index is 2.09. The first-order valence-corrected chi connectivity index (χ1v) is 9.20. The first-order chi connectivity index (χ1) is 9.45. The summed E-state index contributed by atoms with van der Waals surface area (Å²) in [6.45, 7) is 10.9. The molecule has 1 amide bonds. The number of rotatable bonds is 5. The van der Waals surface area contributed by atoms with Gasteiger partial charge in [0.1, 0.15) is 0 Å². The molecule has 116 valence electrons. The third-order valence-electron chi connectivity index (χ3n) is 4.62. The van der Waals surface area contributed by atoms with E-state index >= 15 is 0 Å². The van der Waals surface area contributed by atoms with E-state index in [4.69, 9.17) is 0 Å². The number of thioether (sulfide) groups is 1. The number of nitrogens with zero attached hydrogens (tertiary/aromatic N) is 1. The fraction of sp³-hybridized carbons (Fsp3) is 0.938. The van der Waals surface area contributed by atoms with Gasteiger partial charge in [0.2, 0.25) is 5.91 Å². The second-order valence-electron chi connectivity index (χ2n) is 6.87. The molecule has 3 nitrogen and oxygen atoms in total. The van der Waals surface area contributed by atoms with Crippen LogP contribution in [0.25, 0.3) is 0 Å². The normalized spacial score (nSPS) is 34.8. The second-order valence-corrected chi connectivity index (χ2v) is 8.44. The number of hydrogen-bond donors (Lipinski definition) is 1. The van der Waals surface area contributed by atoms with Crippen molar-refractivity contribution in [1.82, 2.24) is 10.2 Å². The number of amides is 1. The fourth-order valence-corrected chi connectivity index (χ4v) is 4.72. The SMILES string of the molecule is CCSC1CCC(N2C(=O)C(C(C)C)NC2C(C)C)C1. The monoisotopic (exact) mass is 298 g/mol. The summed E-state index contributed by atoms with van der Waals surface area (Å²) >= 11 is 2.06. The van der Waals surface area contributed by atoms with Crippen molar-refractivity contribution in [1.29, 1.82) is 0 Å². The van der Waals surface area contributed by atoms with Gasteiger partial charge in [-0.05, 0) is 36.9 Å². The molecule has 1 aliphatic carbocycles. The maximum atomic E-state index is 12.8. The number of carbonyl (C=O) groups is 1. The molecule has 20 heavy (non-hydrogen) atoms. The van der Waals surface area contributed by atoms with Crippen LogP contribution in [-0.2, 0) is 4.79 Å². The highest BCUT2D eigenvalue weighted by atomic mass is 32.2. The van der Waals surface area contributed by atoms with Crippen molar-refractivity contribution in [2.45, 2.75) is 77.4 Å². The summed E-state index contributed by atoms with van der Waals surface area (Å²) in [6.07, 6.45) is 3.86. The summed E-state index contributed by atoms with van der Waals surface area (Å²) in [6, 6.07) is 0.468. The van der Waals surface area contributed by atoms with Crippen molar-refractivity contribution in [3.63, 3.8) is 0 Å². The minimum absolute atomic E-state index is 0.0141. The van der Waals surface area contributed by atoms with E-state index in [-0.39, 0.29) is 12.2 Å². The zero-order valence-corrected chi connectivity index (χ0v) is 14.4. The van der Waals surface area contributed by atoms with Crippen LogP contribution in [0.5, 0.6) is 0 Å². The fourth-order valence-electron chi connectivity index (χ4n) is 3.59. The predicted molar refractivity (Wildman–Crippen MR) is 86.8 cm³/mol. The molecule has 0 bridgehead atoms. The van der Waals surface area contributed by atoms with E-state index in [9.17, 15) is 4.79 Å². The first kappa shape index (κ1) is 16.2. The van der Waals surface area contributed by atoms with E-state index in [0.29, 0.717) is 23.8 Å². The molecule has 4 heteroatoms. The van der Waals surface area contributed by atoms with Gasteiger partial charge >= 0.3 is 0 Å². The molecule has 4 unspecified atom stereocenters. The van der Waals surface area contributed by atoms with E-state index in [1.165, 1.54) is 25.0 Å². The molecule has 0 aromatic heterocycles. The predicted octanol–water partition coefficient (Wildman–Crippen LogP) is 3.10. The van der Waals surface area contributed by atoms with Gasteiger partial charge in [0.05, 0.1) is 12.2 Å². The van der Waals surface area contributed by atoms with Crippen LogP contribution in [0.2, 0.25) is 0 Å². The summed E-state index contributed by atoms with van der Waals surface area (Å²) < 4.78 is 0. The van der Waals surface area contributed by atoms with Gasteiger partial charge in [-0.15, -0.1) is 0 Å². The summed E-state index contributed by atoms with van der Waals surface area (Å²) in [4.78, 5) is 15.0. The quantitative estimate of drug-likeness (QED) is 0.846. The Bertz CT molecular complexity index is 345. The molecule has 2 aliphatic rings. The Labute approximate surface area is 128 Å². The summed E-state index contributed by atoms with van der Waals surface area (Å²) in [5.74, 6) is 2.37. The molecule has 1 N–H and O–H groups in total. The van der Waals surface area contributed by atoms with Crippen molar-refractivity contribution in [3.05, 3.63) is 0 Å². The number of nitrogens with one attached hydrogen (secondary N) is 1. The molecular weight excluding hydrogens is 268 g/mol. The van der Waals surface area contributed by atoms with Gasteiger partial charge in [-0.2, -0.15) is 11.8 Å². The molecule has 2 rings (SSSR count). The highest BCUT2D eigenvalue weighted by molar-refractivity contribution is 7.99. The third kappa shape index (κ3) is 3.16. The molecule has 1 heterocycles. The molecule has 0 spiro atoms. The Kier molecular flexibility index (Phi) is 5.41.